The monoisotopic (exact) mass is 346 g/mol. The molecule has 0 aromatic heterocycles. The first-order valence-corrected chi connectivity index (χ1v) is 8.33. The molecule has 0 fully saturated rings. The number of guanidine groups is 1. The van der Waals surface area contributed by atoms with Gasteiger partial charge in [-0.15, -0.1) is 0 Å². The van der Waals surface area contributed by atoms with E-state index in [-0.39, 0.29) is 24.3 Å². The van der Waals surface area contributed by atoms with Gasteiger partial charge in [-0.1, -0.05) is 18.2 Å². The lowest BCUT2D eigenvalue weighted by Crippen LogP contribution is -2.43. The zero-order valence-electron chi connectivity index (χ0n) is 15.2. The first kappa shape index (κ1) is 18.8. The number of para-hydroxylation sites is 1. The first-order valence-electron chi connectivity index (χ1n) is 8.33. The minimum atomic E-state index is -0.519. The highest BCUT2D eigenvalue weighted by Gasteiger charge is 2.25. The van der Waals surface area contributed by atoms with Crippen molar-refractivity contribution in [1.29, 1.82) is 0 Å². The lowest BCUT2D eigenvalue weighted by molar-refractivity contribution is -0.153. The third-order valence-corrected chi connectivity index (χ3v) is 3.67. The molecule has 7 heteroatoms. The number of nitrogens with one attached hydrogen (secondary N) is 3. The van der Waals surface area contributed by atoms with E-state index in [9.17, 15) is 9.59 Å². The summed E-state index contributed by atoms with van der Waals surface area (Å²) in [6, 6.07) is 7.77. The highest BCUT2D eigenvalue weighted by Crippen LogP contribution is 2.31. The predicted molar refractivity (Wildman–Crippen MR) is 97.6 cm³/mol. The van der Waals surface area contributed by atoms with Crippen LogP contribution in [0.4, 0.5) is 5.69 Å². The quantitative estimate of drug-likeness (QED) is 0.438. The third-order valence-electron chi connectivity index (χ3n) is 3.67. The van der Waals surface area contributed by atoms with Crippen LogP contribution in [0, 0.1) is 0 Å². The Hall–Kier alpha value is -2.57. The SMILES string of the molecule is CN=C(NCC(=O)OC(C)(C)C)NCC1CC(=O)Nc2ccccc21. The number of fused-ring (bicyclic) bond motifs is 1. The molecule has 3 N–H and O–H groups in total. The molecule has 1 unspecified atom stereocenters. The van der Waals surface area contributed by atoms with Crippen LogP contribution in [0.3, 0.4) is 0 Å². The Morgan fingerprint density at radius 1 is 1.32 bits per heavy atom. The maximum atomic E-state index is 11.9. The molecule has 136 valence electrons. The Balaban J connectivity index is 1.89. The minimum Gasteiger partial charge on any atom is -0.459 e. The van der Waals surface area contributed by atoms with Gasteiger partial charge in [0.15, 0.2) is 5.96 Å². The normalized spacial score (nSPS) is 17.4. The van der Waals surface area contributed by atoms with Crippen LogP contribution >= 0.6 is 0 Å². The Bertz CT molecular complexity index is 665. The number of aliphatic imine (C=N–C) groups is 1. The van der Waals surface area contributed by atoms with Gasteiger partial charge in [0.2, 0.25) is 5.91 Å². The Morgan fingerprint density at radius 2 is 2.04 bits per heavy atom. The summed E-state index contributed by atoms with van der Waals surface area (Å²) >= 11 is 0. The topological polar surface area (TPSA) is 91.8 Å². The van der Waals surface area contributed by atoms with E-state index < -0.39 is 5.60 Å². The molecule has 25 heavy (non-hydrogen) atoms. The second-order valence-electron chi connectivity index (χ2n) is 6.93. The van der Waals surface area contributed by atoms with Crippen molar-refractivity contribution in [3.05, 3.63) is 29.8 Å². The zero-order valence-corrected chi connectivity index (χ0v) is 15.2. The number of carbonyl (C=O) groups excluding carboxylic acids is 2. The second kappa shape index (κ2) is 8.00. The molecular formula is C18H26N4O3. The fraction of sp³-hybridized carbons (Fsp3) is 0.500. The Kier molecular flexibility index (Phi) is 6.01. The molecule has 1 aliphatic rings. The van der Waals surface area contributed by atoms with Gasteiger partial charge in [-0.25, -0.2) is 0 Å². The minimum absolute atomic E-state index is 0.00204. The summed E-state index contributed by atoms with van der Waals surface area (Å²) in [5.41, 5.74) is 1.42. The number of ether oxygens (including phenoxy) is 1. The van der Waals surface area contributed by atoms with Crippen molar-refractivity contribution >= 4 is 23.5 Å². The number of rotatable bonds is 4. The second-order valence-corrected chi connectivity index (χ2v) is 6.93. The molecule has 0 saturated carbocycles. The van der Waals surface area contributed by atoms with Crippen molar-refractivity contribution in [1.82, 2.24) is 10.6 Å². The van der Waals surface area contributed by atoms with E-state index in [0.717, 1.165) is 11.3 Å². The molecule has 0 aliphatic carbocycles. The smallest absolute Gasteiger partial charge is 0.325 e. The van der Waals surface area contributed by atoms with E-state index in [1.165, 1.54) is 0 Å². The van der Waals surface area contributed by atoms with E-state index in [2.05, 4.69) is 20.9 Å². The molecule has 0 saturated heterocycles. The highest BCUT2D eigenvalue weighted by molar-refractivity contribution is 5.94. The molecule has 1 aromatic rings. The fourth-order valence-corrected chi connectivity index (χ4v) is 2.66. The average molecular weight is 346 g/mol. The number of esters is 1. The van der Waals surface area contributed by atoms with Crippen LogP contribution in [-0.4, -0.2) is 43.6 Å². The van der Waals surface area contributed by atoms with E-state index in [1.807, 2.05) is 45.0 Å². The molecule has 1 aromatic carbocycles. The molecule has 1 aliphatic heterocycles. The van der Waals surface area contributed by atoms with Gasteiger partial charge < -0.3 is 20.7 Å². The van der Waals surface area contributed by atoms with Gasteiger partial charge in [-0.05, 0) is 32.4 Å². The van der Waals surface area contributed by atoms with E-state index >= 15 is 0 Å². The van der Waals surface area contributed by atoms with Crippen LogP contribution in [0.1, 0.15) is 38.7 Å². The van der Waals surface area contributed by atoms with Crippen LogP contribution in [0.5, 0.6) is 0 Å². The molecule has 1 amide bonds. The van der Waals surface area contributed by atoms with Crippen molar-refractivity contribution in [3.63, 3.8) is 0 Å². The third kappa shape index (κ3) is 5.77. The number of hydrogen-bond donors (Lipinski definition) is 3. The fourth-order valence-electron chi connectivity index (χ4n) is 2.66. The van der Waals surface area contributed by atoms with Crippen molar-refractivity contribution in [3.8, 4) is 0 Å². The zero-order chi connectivity index (χ0) is 18.4. The summed E-state index contributed by atoms with van der Waals surface area (Å²) in [5.74, 6) is 0.194. The molecule has 1 heterocycles. The van der Waals surface area contributed by atoms with Gasteiger partial charge >= 0.3 is 5.97 Å². The molecule has 0 radical (unpaired) electrons. The van der Waals surface area contributed by atoms with Gasteiger partial charge in [0.05, 0.1) is 0 Å². The summed E-state index contributed by atoms with van der Waals surface area (Å²) in [4.78, 5) is 27.7. The molecular weight excluding hydrogens is 320 g/mol. The van der Waals surface area contributed by atoms with Crippen molar-refractivity contribution in [2.75, 3.05) is 25.5 Å². The number of carbonyl (C=O) groups is 2. The molecule has 1 atom stereocenters. The number of hydrogen-bond acceptors (Lipinski definition) is 4. The number of nitrogens with zero attached hydrogens (tertiary/aromatic N) is 1. The van der Waals surface area contributed by atoms with Crippen molar-refractivity contribution in [2.45, 2.75) is 38.7 Å². The molecule has 7 nitrogen and oxygen atoms in total. The van der Waals surface area contributed by atoms with Crippen molar-refractivity contribution < 1.29 is 14.3 Å². The Morgan fingerprint density at radius 3 is 2.72 bits per heavy atom. The van der Waals surface area contributed by atoms with Crippen LogP contribution in [0.15, 0.2) is 29.3 Å². The number of anilines is 1. The maximum Gasteiger partial charge on any atom is 0.325 e. The highest BCUT2D eigenvalue weighted by atomic mass is 16.6. The summed E-state index contributed by atoms with van der Waals surface area (Å²) in [6.07, 6.45) is 0.410. The van der Waals surface area contributed by atoms with Gasteiger partial charge in [-0.3, -0.25) is 14.6 Å². The largest absolute Gasteiger partial charge is 0.459 e. The van der Waals surface area contributed by atoms with Crippen molar-refractivity contribution in [2.24, 2.45) is 4.99 Å². The van der Waals surface area contributed by atoms with Gasteiger partial charge in [0.25, 0.3) is 0 Å². The lowest BCUT2D eigenvalue weighted by Gasteiger charge is -2.26. The number of benzene rings is 1. The summed E-state index contributed by atoms with van der Waals surface area (Å²) in [7, 11) is 1.63. The van der Waals surface area contributed by atoms with E-state index in [0.29, 0.717) is 18.9 Å². The van der Waals surface area contributed by atoms with Gasteiger partial charge in [0, 0.05) is 31.6 Å². The summed E-state index contributed by atoms with van der Waals surface area (Å²) in [5, 5.41) is 8.98. The molecule has 0 spiro atoms. The van der Waals surface area contributed by atoms with E-state index in [1.54, 1.807) is 7.05 Å². The molecule has 0 bridgehead atoms. The number of amides is 1. The van der Waals surface area contributed by atoms with Crippen LogP contribution in [0.25, 0.3) is 0 Å². The van der Waals surface area contributed by atoms with E-state index in [4.69, 9.17) is 4.74 Å². The van der Waals surface area contributed by atoms with Crippen LogP contribution < -0.4 is 16.0 Å². The Labute approximate surface area is 148 Å². The maximum absolute atomic E-state index is 11.9. The van der Waals surface area contributed by atoms with Crippen LogP contribution in [0.2, 0.25) is 0 Å². The predicted octanol–water partition coefficient (Wildman–Crippen LogP) is 1.62. The standard InChI is InChI=1S/C18H26N4O3/c1-18(2,3)25-16(24)11-21-17(19-4)20-10-12-9-15(23)22-14-8-6-5-7-13(12)14/h5-8,12H,9-11H2,1-4H3,(H,22,23)(H2,19,20,21). The average Bonchev–Trinajstić information content (AvgIpc) is 2.53. The van der Waals surface area contributed by atoms with Gasteiger partial charge in [0.1, 0.15) is 12.1 Å². The molecule has 2 rings (SSSR count). The van der Waals surface area contributed by atoms with Crippen LogP contribution in [-0.2, 0) is 14.3 Å². The first-order chi connectivity index (χ1) is 11.8. The van der Waals surface area contributed by atoms with Gasteiger partial charge in [-0.2, -0.15) is 0 Å². The summed E-state index contributed by atoms with van der Waals surface area (Å²) < 4.78 is 5.25. The lowest BCUT2D eigenvalue weighted by atomic mass is 9.90. The summed E-state index contributed by atoms with van der Waals surface area (Å²) in [6.45, 7) is 6.04.